The summed E-state index contributed by atoms with van der Waals surface area (Å²) < 4.78 is 9.48. The first-order chi connectivity index (χ1) is 7.17. The molecule has 0 aromatic heterocycles. The number of aliphatic hydroxyl groups excluding tert-OH is 1. The summed E-state index contributed by atoms with van der Waals surface area (Å²) in [5, 5.41) is 9.69. The Morgan fingerprint density at radius 3 is 2.80 bits per heavy atom. The van der Waals surface area contributed by atoms with Crippen molar-refractivity contribution in [2.45, 2.75) is 12.5 Å². The Morgan fingerprint density at radius 1 is 1.47 bits per heavy atom. The van der Waals surface area contributed by atoms with Crippen molar-refractivity contribution in [3.05, 3.63) is 29.8 Å². The molecule has 0 saturated heterocycles. The van der Waals surface area contributed by atoms with E-state index in [-0.39, 0.29) is 6.42 Å². The third kappa shape index (κ3) is 3.25. The predicted molar refractivity (Wildman–Crippen MR) is 54.6 cm³/mol. The Bertz CT molecular complexity index is 335. The quantitative estimate of drug-likeness (QED) is 0.761. The summed E-state index contributed by atoms with van der Waals surface area (Å²) in [6.45, 7) is 0. The summed E-state index contributed by atoms with van der Waals surface area (Å²) in [6.07, 6.45) is -0.906. The van der Waals surface area contributed by atoms with Gasteiger partial charge in [-0.3, -0.25) is 4.79 Å². The molecule has 0 radical (unpaired) electrons. The molecule has 0 aliphatic carbocycles. The van der Waals surface area contributed by atoms with Gasteiger partial charge in [0.2, 0.25) is 0 Å². The zero-order valence-corrected chi connectivity index (χ0v) is 8.77. The topological polar surface area (TPSA) is 55.8 Å². The normalized spacial score (nSPS) is 11.9. The minimum atomic E-state index is -0.854. The van der Waals surface area contributed by atoms with Gasteiger partial charge in [-0.1, -0.05) is 12.1 Å². The highest BCUT2D eigenvalue weighted by Gasteiger charge is 2.13. The van der Waals surface area contributed by atoms with Crippen LogP contribution in [0.3, 0.4) is 0 Å². The van der Waals surface area contributed by atoms with Crippen molar-refractivity contribution in [2.24, 2.45) is 0 Å². The summed E-state index contributed by atoms with van der Waals surface area (Å²) in [7, 11) is 2.84. The van der Waals surface area contributed by atoms with Crippen molar-refractivity contribution >= 4 is 5.97 Å². The molecule has 15 heavy (non-hydrogen) atoms. The lowest BCUT2D eigenvalue weighted by molar-refractivity contribution is -0.142. The van der Waals surface area contributed by atoms with Crippen LogP contribution in [0.15, 0.2) is 24.3 Å². The zero-order valence-electron chi connectivity index (χ0n) is 8.77. The molecule has 0 heterocycles. The molecule has 1 aromatic carbocycles. The van der Waals surface area contributed by atoms with Crippen molar-refractivity contribution in [3.8, 4) is 5.75 Å². The van der Waals surface area contributed by atoms with Crippen LogP contribution in [0.25, 0.3) is 0 Å². The maximum absolute atomic E-state index is 10.9. The van der Waals surface area contributed by atoms with E-state index in [0.29, 0.717) is 11.3 Å². The Kier molecular flexibility index (Phi) is 4.12. The van der Waals surface area contributed by atoms with E-state index in [1.807, 2.05) is 0 Å². The molecule has 4 nitrogen and oxygen atoms in total. The third-order valence-corrected chi connectivity index (χ3v) is 2.07. The molecule has 1 aromatic rings. The number of aliphatic hydroxyl groups is 1. The molecule has 4 heteroatoms. The SMILES string of the molecule is COC(=O)C[C@H](O)c1cccc(OC)c1. The second kappa shape index (κ2) is 5.36. The Balaban J connectivity index is 2.72. The molecule has 1 rings (SSSR count). The average molecular weight is 210 g/mol. The summed E-state index contributed by atoms with van der Waals surface area (Å²) in [6, 6.07) is 6.95. The predicted octanol–water partition coefficient (Wildman–Crippen LogP) is 1.29. The number of benzene rings is 1. The van der Waals surface area contributed by atoms with Crippen molar-refractivity contribution < 1.29 is 19.4 Å². The minimum absolute atomic E-state index is 0.0519. The molecule has 0 aliphatic heterocycles. The Morgan fingerprint density at radius 2 is 2.20 bits per heavy atom. The first-order valence-electron chi connectivity index (χ1n) is 4.56. The van der Waals surface area contributed by atoms with Gasteiger partial charge in [-0.05, 0) is 17.7 Å². The van der Waals surface area contributed by atoms with E-state index >= 15 is 0 Å². The summed E-state index contributed by atoms with van der Waals surface area (Å²) >= 11 is 0. The lowest BCUT2D eigenvalue weighted by atomic mass is 10.1. The van der Waals surface area contributed by atoms with Gasteiger partial charge in [-0.15, -0.1) is 0 Å². The van der Waals surface area contributed by atoms with Gasteiger partial charge in [-0.25, -0.2) is 0 Å². The van der Waals surface area contributed by atoms with Gasteiger partial charge in [0, 0.05) is 0 Å². The zero-order chi connectivity index (χ0) is 11.3. The number of hydrogen-bond acceptors (Lipinski definition) is 4. The van der Waals surface area contributed by atoms with Gasteiger partial charge in [0.1, 0.15) is 5.75 Å². The third-order valence-electron chi connectivity index (χ3n) is 2.07. The molecule has 0 unspecified atom stereocenters. The fraction of sp³-hybridized carbons (Fsp3) is 0.364. The van der Waals surface area contributed by atoms with Crippen molar-refractivity contribution in [1.29, 1.82) is 0 Å². The fourth-order valence-electron chi connectivity index (χ4n) is 1.21. The molecule has 0 bridgehead atoms. The van der Waals surface area contributed by atoms with E-state index in [0.717, 1.165) is 0 Å². The van der Waals surface area contributed by atoms with Crippen LogP contribution in [-0.4, -0.2) is 25.3 Å². The van der Waals surface area contributed by atoms with Crippen molar-refractivity contribution in [3.63, 3.8) is 0 Å². The van der Waals surface area contributed by atoms with Crippen LogP contribution >= 0.6 is 0 Å². The molecule has 0 aliphatic rings. The summed E-state index contributed by atoms with van der Waals surface area (Å²) in [5.74, 6) is 0.210. The number of carbonyl (C=O) groups is 1. The molecular weight excluding hydrogens is 196 g/mol. The van der Waals surface area contributed by atoms with Crippen molar-refractivity contribution in [2.75, 3.05) is 14.2 Å². The number of carbonyl (C=O) groups excluding carboxylic acids is 1. The highest BCUT2D eigenvalue weighted by Crippen LogP contribution is 2.21. The van der Waals surface area contributed by atoms with Crippen LogP contribution in [-0.2, 0) is 9.53 Å². The smallest absolute Gasteiger partial charge is 0.308 e. The molecule has 82 valence electrons. The van der Waals surface area contributed by atoms with Gasteiger partial charge >= 0.3 is 5.97 Å². The van der Waals surface area contributed by atoms with E-state index < -0.39 is 12.1 Å². The average Bonchev–Trinajstić information content (AvgIpc) is 2.28. The van der Waals surface area contributed by atoms with Crippen LogP contribution < -0.4 is 4.74 Å². The van der Waals surface area contributed by atoms with Gasteiger partial charge < -0.3 is 14.6 Å². The first kappa shape index (κ1) is 11.5. The number of methoxy groups -OCH3 is 2. The number of ether oxygens (including phenoxy) is 2. The highest BCUT2D eigenvalue weighted by atomic mass is 16.5. The van der Waals surface area contributed by atoms with Gasteiger partial charge in [-0.2, -0.15) is 0 Å². The van der Waals surface area contributed by atoms with Crippen LogP contribution in [0, 0.1) is 0 Å². The minimum Gasteiger partial charge on any atom is -0.497 e. The number of hydrogen-bond donors (Lipinski definition) is 1. The monoisotopic (exact) mass is 210 g/mol. The molecule has 0 spiro atoms. The van der Waals surface area contributed by atoms with E-state index in [2.05, 4.69) is 4.74 Å². The second-order valence-corrected chi connectivity index (χ2v) is 3.07. The molecular formula is C11H14O4. The first-order valence-corrected chi connectivity index (χ1v) is 4.56. The summed E-state index contributed by atoms with van der Waals surface area (Å²) in [4.78, 5) is 10.9. The Hall–Kier alpha value is -1.55. The largest absolute Gasteiger partial charge is 0.497 e. The lowest BCUT2D eigenvalue weighted by Gasteiger charge is -2.10. The molecule has 0 amide bonds. The van der Waals surface area contributed by atoms with E-state index in [1.54, 1.807) is 31.4 Å². The van der Waals surface area contributed by atoms with Gasteiger partial charge in [0.05, 0.1) is 26.7 Å². The molecule has 0 fully saturated rings. The Labute approximate surface area is 88.4 Å². The van der Waals surface area contributed by atoms with Crippen LogP contribution in [0.2, 0.25) is 0 Å². The second-order valence-electron chi connectivity index (χ2n) is 3.07. The molecule has 1 N–H and O–H groups in total. The van der Waals surface area contributed by atoms with E-state index in [9.17, 15) is 9.90 Å². The lowest BCUT2D eigenvalue weighted by Crippen LogP contribution is -2.08. The molecule has 0 saturated carbocycles. The van der Waals surface area contributed by atoms with Crippen LogP contribution in [0.1, 0.15) is 18.1 Å². The standard InChI is InChI=1S/C11H14O4/c1-14-9-5-3-4-8(6-9)10(12)7-11(13)15-2/h3-6,10,12H,7H2,1-2H3/t10-/m0/s1. The van der Waals surface area contributed by atoms with E-state index in [1.165, 1.54) is 7.11 Å². The van der Waals surface area contributed by atoms with Gasteiger partial charge in [0.25, 0.3) is 0 Å². The van der Waals surface area contributed by atoms with E-state index in [4.69, 9.17) is 4.74 Å². The van der Waals surface area contributed by atoms with Gasteiger partial charge in [0.15, 0.2) is 0 Å². The molecule has 1 atom stereocenters. The maximum atomic E-state index is 10.9. The van der Waals surface area contributed by atoms with Crippen molar-refractivity contribution in [1.82, 2.24) is 0 Å². The van der Waals surface area contributed by atoms with Crippen LogP contribution in [0.4, 0.5) is 0 Å². The highest BCUT2D eigenvalue weighted by molar-refractivity contribution is 5.70. The fourth-order valence-corrected chi connectivity index (χ4v) is 1.21. The van der Waals surface area contributed by atoms with Crippen LogP contribution in [0.5, 0.6) is 5.75 Å². The number of esters is 1. The number of rotatable bonds is 4. The maximum Gasteiger partial charge on any atom is 0.308 e. The summed E-state index contributed by atoms with van der Waals surface area (Å²) in [5.41, 5.74) is 0.639.